The van der Waals surface area contributed by atoms with Crippen molar-refractivity contribution in [1.29, 1.82) is 0 Å². The first-order valence-electron chi connectivity index (χ1n) is 3.19. The molecule has 11 heavy (non-hydrogen) atoms. The van der Waals surface area contributed by atoms with Gasteiger partial charge in [-0.05, 0) is 11.9 Å². The summed E-state index contributed by atoms with van der Waals surface area (Å²) >= 11 is 1.34. The molecule has 4 nitrogen and oxygen atoms in total. The number of hydrogen-bond acceptors (Lipinski definition) is 3. The third-order valence-corrected chi connectivity index (χ3v) is 1.88. The smallest absolute Gasteiger partial charge is 0.273 e. The number of nitrogens with zero attached hydrogens (tertiary/aromatic N) is 1. The highest BCUT2D eigenvalue weighted by atomic mass is 32.2. The highest BCUT2D eigenvalue weighted by Gasteiger charge is 1.93. The average Bonchev–Trinajstić information content (AvgIpc) is 1.95. The molecule has 0 aliphatic rings. The minimum absolute atomic E-state index is 0.358. The van der Waals surface area contributed by atoms with Crippen LogP contribution in [0.4, 0.5) is 0 Å². The van der Waals surface area contributed by atoms with Crippen LogP contribution in [0.5, 0.6) is 0 Å². The fraction of sp³-hybridized carbons (Fsp3) is 0.333. The number of aromatic amines is 1. The van der Waals surface area contributed by atoms with E-state index in [0.717, 1.165) is 5.75 Å². The fourth-order valence-corrected chi connectivity index (χ4v) is 1.23. The second kappa shape index (κ2) is 3.43. The van der Waals surface area contributed by atoms with Crippen molar-refractivity contribution < 1.29 is 0 Å². The summed E-state index contributed by atoms with van der Waals surface area (Å²) in [5.74, 6) is 0.798. The maximum absolute atomic E-state index is 10.9. The van der Waals surface area contributed by atoms with Gasteiger partial charge in [0.15, 0.2) is 0 Å². The number of aromatic nitrogens is 2. The van der Waals surface area contributed by atoms with E-state index in [1.165, 1.54) is 28.2 Å². The molecule has 1 aromatic rings. The fourth-order valence-electron chi connectivity index (χ4n) is 0.646. The maximum atomic E-state index is 10.9. The van der Waals surface area contributed by atoms with Crippen LogP contribution in [0.3, 0.4) is 0 Å². The average molecular weight is 172 g/mol. The van der Waals surface area contributed by atoms with Crippen LogP contribution in [0.1, 0.15) is 6.92 Å². The molecular formula is C6H8N2O2S. The molecular weight excluding hydrogens is 164 g/mol. The van der Waals surface area contributed by atoms with Crippen molar-refractivity contribution in [2.45, 2.75) is 6.92 Å². The van der Waals surface area contributed by atoms with E-state index < -0.39 is 0 Å². The molecule has 1 heterocycles. The summed E-state index contributed by atoms with van der Waals surface area (Å²) in [5.41, 5.74) is -0.729. The molecule has 0 unspecified atom stereocenters. The standard InChI is InChI=1S/C6H8N2O2S/c1-2-11-8-4-3-5(9)7-6(8)10/h3-4H,2H2,1H3,(H,7,9,10). The van der Waals surface area contributed by atoms with E-state index in [0.29, 0.717) is 0 Å². The summed E-state index contributed by atoms with van der Waals surface area (Å²) in [6.07, 6.45) is 1.47. The molecule has 0 aliphatic carbocycles. The number of nitrogens with one attached hydrogen (secondary N) is 1. The van der Waals surface area contributed by atoms with E-state index in [1.807, 2.05) is 6.92 Å². The van der Waals surface area contributed by atoms with E-state index in [9.17, 15) is 9.59 Å². The summed E-state index contributed by atoms with van der Waals surface area (Å²) in [6, 6.07) is 1.32. The van der Waals surface area contributed by atoms with Crippen molar-refractivity contribution in [3.8, 4) is 0 Å². The summed E-state index contributed by atoms with van der Waals surface area (Å²) in [7, 11) is 0. The zero-order chi connectivity index (χ0) is 8.27. The van der Waals surface area contributed by atoms with Crippen molar-refractivity contribution in [1.82, 2.24) is 8.96 Å². The molecule has 0 aliphatic heterocycles. The van der Waals surface area contributed by atoms with Crippen molar-refractivity contribution in [3.63, 3.8) is 0 Å². The van der Waals surface area contributed by atoms with Gasteiger partial charge in [-0.3, -0.25) is 9.78 Å². The predicted molar refractivity (Wildman–Crippen MR) is 44.9 cm³/mol. The van der Waals surface area contributed by atoms with Crippen LogP contribution in [0.2, 0.25) is 0 Å². The molecule has 0 saturated heterocycles. The molecule has 0 saturated carbocycles. The predicted octanol–water partition coefficient (Wildman–Crippen LogP) is 0.0528. The lowest BCUT2D eigenvalue weighted by molar-refractivity contribution is 0.988. The Morgan fingerprint density at radius 1 is 1.64 bits per heavy atom. The summed E-state index contributed by atoms with van der Waals surface area (Å²) < 4.78 is 1.39. The topological polar surface area (TPSA) is 54.9 Å². The molecule has 1 aromatic heterocycles. The van der Waals surface area contributed by atoms with Crippen molar-refractivity contribution >= 4 is 11.9 Å². The van der Waals surface area contributed by atoms with Crippen LogP contribution in [0, 0.1) is 0 Å². The van der Waals surface area contributed by atoms with E-state index in [-0.39, 0.29) is 11.2 Å². The molecule has 0 spiro atoms. The second-order valence-corrected chi connectivity index (χ2v) is 3.08. The van der Waals surface area contributed by atoms with Crippen molar-refractivity contribution in [2.24, 2.45) is 0 Å². The molecule has 0 bridgehead atoms. The Bertz CT molecular complexity index is 341. The lowest BCUT2D eigenvalue weighted by atomic mass is 10.7. The van der Waals surface area contributed by atoms with Gasteiger partial charge in [-0.2, -0.15) is 0 Å². The third kappa shape index (κ3) is 1.98. The highest BCUT2D eigenvalue weighted by molar-refractivity contribution is 7.97. The minimum Gasteiger partial charge on any atom is -0.273 e. The first-order chi connectivity index (χ1) is 5.24. The Hall–Kier alpha value is -0.970. The Kier molecular flexibility index (Phi) is 2.53. The van der Waals surface area contributed by atoms with Gasteiger partial charge < -0.3 is 0 Å². The third-order valence-electron chi connectivity index (χ3n) is 1.06. The van der Waals surface area contributed by atoms with Gasteiger partial charge in [-0.1, -0.05) is 6.92 Å². The zero-order valence-corrected chi connectivity index (χ0v) is 6.85. The van der Waals surface area contributed by atoms with Gasteiger partial charge in [0.25, 0.3) is 5.56 Å². The Morgan fingerprint density at radius 2 is 2.36 bits per heavy atom. The summed E-state index contributed by atoms with van der Waals surface area (Å²) in [4.78, 5) is 23.6. The van der Waals surface area contributed by atoms with Crippen LogP contribution in [-0.2, 0) is 0 Å². The van der Waals surface area contributed by atoms with Gasteiger partial charge in [0.05, 0.1) is 0 Å². The van der Waals surface area contributed by atoms with Gasteiger partial charge in [0, 0.05) is 18.0 Å². The minimum atomic E-state index is -0.371. The molecule has 0 atom stereocenters. The first kappa shape index (κ1) is 8.13. The molecule has 0 radical (unpaired) electrons. The molecule has 5 heteroatoms. The highest BCUT2D eigenvalue weighted by Crippen LogP contribution is 1.96. The lowest BCUT2D eigenvalue weighted by Crippen LogP contribution is -2.25. The van der Waals surface area contributed by atoms with E-state index in [2.05, 4.69) is 4.98 Å². The monoisotopic (exact) mass is 172 g/mol. The second-order valence-electron chi connectivity index (χ2n) is 1.85. The van der Waals surface area contributed by atoms with Gasteiger partial charge in [-0.25, -0.2) is 8.77 Å². The van der Waals surface area contributed by atoms with Crippen molar-refractivity contribution in [2.75, 3.05) is 5.75 Å². The van der Waals surface area contributed by atoms with Crippen LogP contribution >= 0.6 is 11.9 Å². The quantitative estimate of drug-likeness (QED) is 0.686. The molecule has 60 valence electrons. The van der Waals surface area contributed by atoms with Crippen LogP contribution in [0.15, 0.2) is 21.9 Å². The number of rotatable bonds is 2. The normalized spacial score (nSPS) is 9.91. The van der Waals surface area contributed by atoms with E-state index in [1.54, 1.807) is 0 Å². The Balaban J connectivity index is 3.10. The SMILES string of the molecule is CCSn1ccc(=O)[nH]c1=O. The van der Waals surface area contributed by atoms with Crippen LogP contribution in [0.25, 0.3) is 0 Å². The maximum Gasteiger partial charge on any atom is 0.338 e. The van der Waals surface area contributed by atoms with Gasteiger partial charge in [0.1, 0.15) is 0 Å². The Morgan fingerprint density at radius 3 is 2.91 bits per heavy atom. The number of H-pyrrole nitrogens is 1. The molecule has 1 rings (SSSR count). The Labute approximate surface area is 67.4 Å². The largest absolute Gasteiger partial charge is 0.338 e. The van der Waals surface area contributed by atoms with Crippen LogP contribution in [-0.4, -0.2) is 14.7 Å². The van der Waals surface area contributed by atoms with Gasteiger partial charge in [-0.15, -0.1) is 0 Å². The molecule has 0 fully saturated rings. The summed E-state index contributed by atoms with van der Waals surface area (Å²) in [6.45, 7) is 1.93. The molecule has 0 aromatic carbocycles. The van der Waals surface area contributed by atoms with Crippen molar-refractivity contribution in [3.05, 3.63) is 33.1 Å². The van der Waals surface area contributed by atoms with E-state index in [4.69, 9.17) is 0 Å². The van der Waals surface area contributed by atoms with Gasteiger partial charge >= 0.3 is 5.69 Å². The first-order valence-corrected chi connectivity index (χ1v) is 4.13. The molecule has 0 amide bonds. The van der Waals surface area contributed by atoms with Gasteiger partial charge in [0.2, 0.25) is 0 Å². The zero-order valence-electron chi connectivity index (χ0n) is 6.03. The van der Waals surface area contributed by atoms with Crippen LogP contribution < -0.4 is 11.2 Å². The summed E-state index contributed by atoms with van der Waals surface area (Å²) in [5, 5.41) is 0. The van der Waals surface area contributed by atoms with E-state index >= 15 is 0 Å². The lowest BCUT2D eigenvalue weighted by Gasteiger charge is -1.97. The number of hydrogen-bond donors (Lipinski definition) is 1. The molecule has 1 N–H and O–H groups in total.